The Labute approximate surface area is 189 Å². The van der Waals surface area contributed by atoms with Crippen molar-refractivity contribution in [1.82, 2.24) is 0 Å². The molecule has 0 atom stereocenters. The SMILES string of the molecule is CCCc1ccc(C(=O)/C=C/c2ccc(OC)c(COc3cccc(C(F)(F)F)c3)c2)s1. The molecule has 0 aliphatic carbocycles. The predicted molar refractivity (Wildman–Crippen MR) is 120 cm³/mol. The monoisotopic (exact) mass is 460 g/mol. The largest absolute Gasteiger partial charge is 0.496 e. The van der Waals surface area contributed by atoms with Crippen LogP contribution in [0.3, 0.4) is 0 Å². The number of allylic oxidation sites excluding steroid dienone is 1. The van der Waals surface area contributed by atoms with Crippen LogP contribution >= 0.6 is 11.3 Å². The molecule has 0 aliphatic rings. The first-order valence-corrected chi connectivity index (χ1v) is 10.9. The first kappa shape index (κ1) is 23.6. The van der Waals surface area contributed by atoms with Gasteiger partial charge in [0.2, 0.25) is 0 Å². The van der Waals surface area contributed by atoms with Crippen LogP contribution in [-0.2, 0) is 19.2 Å². The Morgan fingerprint density at radius 3 is 2.62 bits per heavy atom. The lowest BCUT2D eigenvalue weighted by Crippen LogP contribution is -2.05. The van der Waals surface area contributed by atoms with Crippen molar-refractivity contribution in [2.45, 2.75) is 32.5 Å². The first-order valence-electron chi connectivity index (χ1n) is 10.1. The molecule has 3 nitrogen and oxygen atoms in total. The van der Waals surface area contributed by atoms with E-state index in [4.69, 9.17) is 9.47 Å². The van der Waals surface area contributed by atoms with E-state index in [9.17, 15) is 18.0 Å². The van der Waals surface area contributed by atoms with Gasteiger partial charge in [0.05, 0.1) is 17.6 Å². The molecule has 0 N–H and O–H groups in total. The van der Waals surface area contributed by atoms with E-state index in [0.717, 1.165) is 30.5 Å². The minimum Gasteiger partial charge on any atom is -0.496 e. The molecule has 0 unspecified atom stereocenters. The molecule has 3 rings (SSSR count). The molecule has 0 saturated heterocycles. The molecule has 0 amide bonds. The Morgan fingerprint density at radius 2 is 1.91 bits per heavy atom. The standard InChI is InChI=1S/C25H23F3O3S/c1-3-5-21-10-13-24(32-21)22(29)11-8-17-9-12-23(30-2)18(14-17)16-31-20-7-4-6-19(15-20)25(26,27)28/h4,6-15H,3,5,16H2,1-2H3/b11-8+. The van der Waals surface area contributed by atoms with Gasteiger partial charge in [-0.05, 0) is 60.5 Å². The predicted octanol–water partition coefficient (Wildman–Crippen LogP) is 7.20. The van der Waals surface area contributed by atoms with Gasteiger partial charge in [-0.25, -0.2) is 0 Å². The van der Waals surface area contributed by atoms with Crippen molar-refractivity contribution in [3.63, 3.8) is 0 Å². The lowest BCUT2D eigenvalue weighted by Gasteiger charge is -2.13. The van der Waals surface area contributed by atoms with Crippen LogP contribution in [0.1, 0.15) is 44.6 Å². The van der Waals surface area contributed by atoms with E-state index in [1.165, 1.54) is 41.5 Å². The van der Waals surface area contributed by atoms with E-state index in [0.29, 0.717) is 16.2 Å². The van der Waals surface area contributed by atoms with E-state index in [1.807, 2.05) is 12.1 Å². The summed E-state index contributed by atoms with van der Waals surface area (Å²) >= 11 is 1.50. The summed E-state index contributed by atoms with van der Waals surface area (Å²) in [5.74, 6) is 0.580. The Kier molecular flexibility index (Phi) is 7.75. The lowest BCUT2D eigenvalue weighted by atomic mass is 10.1. The topological polar surface area (TPSA) is 35.5 Å². The van der Waals surface area contributed by atoms with Gasteiger partial charge in [-0.2, -0.15) is 13.2 Å². The fourth-order valence-electron chi connectivity index (χ4n) is 3.08. The summed E-state index contributed by atoms with van der Waals surface area (Å²) in [5.41, 5.74) is 0.640. The van der Waals surface area contributed by atoms with Crippen molar-refractivity contribution in [2.75, 3.05) is 7.11 Å². The normalized spacial score (nSPS) is 11.7. The maximum Gasteiger partial charge on any atom is 0.416 e. The second kappa shape index (κ2) is 10.5. The van der Waals surface area contributed by atoms with E-state index < -0.39 is 11.7 Å². The van der Waals surface area contributed by atoms with Crippen LogP contribution < -0.4 is 9.47 Å². The average molecular weight is 461 g/mol. The minimum atomic E-state index is -4.44. The zero-order chi connectivity index (χ0) is 23.1. The molecule has 0 aliphatic heterocycles. The summed E-state index contributed by atoms with van der Waals surface area (Å²) in [5, 5.41) is 0. The van der Waals surface area contributed by atoms with Gasteiger partial charge in [-0.3, -0.25) is 4.79 Å². The maximum atomic E-state index is 12.9. The third-order valence-corrected chi connectivity index (χ3v) is 5.85. The number of hydrogen-bond acceptors (Lipinski definition) is 4. The van der Waals surface area contributed by atoms with Gasteiger partial charge in [0, 0.05) is 10.4 Å². The van der Waals surface area contributed by atoms with Crippen LogP contribution in [0.5, 0.6) is 11.5 Å². The Hall–Kier alpha value is -3.06. The third kappa shape index (κ3) is 6.23. The van der Waals surface area contributed by atoms with Crippen molar-refractivity contribution in [1.29, 1.82) is 0 Å². The van der Waals surface area contributed by atoms with Crippen LogP contribution in [0.2, 0.25) is 0 Å². The maximum absolute atomic E-state index is 12.9. The molecule has 0 fully saturated rings. The van der Waals surface area contributed by atoms with E-state index in [1.54, 1.807) is 24.3 Å². The summed E-state index contributed by atoms with van der Waals surface area (Å²) in [7, 11) is 1.51. The Balaban J connectivity index is 1.72. The van der Waals surface area contributed by atoms with Crippen molar-refractivity contribution >= 4 is 23.2 Å². The van der Waals surface area contributed by atoms with Gasteiger partial charge >= 0.3 is 6.18 Å². The number of hydrogen-bond donors (Lipinski definition) is 0. The molecule has 0 spiro atoms. The smallest absolute Gasteiger partial charge is 0.416 e. The van der Waals surface area contributed by atoms with Crippen LogP contribution in [0.4, 0.5) is 13.2 Å². The lowest BCUT2D eigenvalue weighted by molar-refractivity contribution is -0.137. The van der Waals surface area contributed by atoms with Gasteiger partial charge < -0.3 is 9.47 Å². The van der Waals surface area contributed by atoms with Gasteiger partial charge in [0.1, 0.15) is 18.1 Å². The van der Waals surface area contributed by atoms with Crippen molar-refractivity contribution in [3.05, 3.63) is 87.1 Å². The summed E-state index contributed by atoms with van der Waals surface area (Å²) in [4.78, 5) is 14.3. The number of methoxy groups -OCH3 is 1. The van der Waals surface area contributed by atoms with Crippen LogP contribution in [0.25, 0.3) is 6.08 Å². The minimum absolute atomic E-state index is 0.0193. The molecule has 0 saturated carbocycles. The zero-order valence-corrected chi connectivity index (χ0v) is 18.6. The van der Waals surface area contributed by atoms with Crippen molar-refractivity contribution in [2.24, 2.45) is 0 Å². The summed E-state index contributed by atoms with van der Waals surface area (Å²) < 4.78 is 49.6. The molecule has 1 aromatic heterocycles. The number of rotatable bonds is 9. The third-order valence-electron chi connectivity index (χ3n) is 4.69. The number of aryl methyl sites for hydroxylation is 1. The highest BCUT2D eigenvalue weighted by atomic mass is 32.1. The molecular weight excluding hydrogens is 437 g/mol. The van der Waals surface area contributed by atoms with Gasteiger partial charge in [0.25, 0.3) is 0 Å². The number of carbonyl (C=O) groups is 1. The molecule has 1 heterocycles. The number of alkyl halides is 3. The molecule has 32 heavy (non-hydrogen) atoms. The zero-order valence-electron chi connectivity index (χ0n) is 17.7. The number of ketones is 1. The van der Waals surface area contributed by atoms with Crippen molar-refractivity contribution < 1.29 is 27.4 Å². The van der Waals surface area contributed by atoms with Gasteiger partial charge in [-0.15, -0.1) is 11.3 Å². The highest BCUT2D eigenvalue weighted by molar-refractivity contribution is 7.14. The van der Waals surface area contributed by atoms with Gasteiger partial charge in [0.15, 0.2) is 5.78 Å². The second-order valence-corrected chi connectivity index (χ2v) is 8.27. The van der Waals surface area contributed by atoms with Gasteiger partial charge in [-0.1, -0.05) is 31.6 Å². The van der Waals surface area contributed by atoms with E-state index in [-0.39, 0.29) is 18.1 Å². The van der Waals surface area contributed by atoms with E-state index >= 15 is 0 Å². The molecule has 7 heteroatoms. The first-order chi connectivity index (χ1) is 15.3. The van der Waals surface area contributed by atoms with Crippen LogP contribution in [-0.4, -0.2) is 12.9 Å². The summed E-state index contributed by atoms with van der Waals surface area (Å²) in [6.07, 6.45) is 0.764. The number of ether oxygens (including phenoxy) is 2. The fourth-order valence-corrected chi connectivity index (χ4v) is 4.11. The molecule has 168 valence electrons. The Morgan fingerprint density at radius 1 is 1.09 bits per heavy atom. The second-order valence-electron chi connectivity index (χ2n) is 7.10. The summed E-state index contributed by atoms with van der Waals surface area (Å²) in [6, 6.07) is 13.9. The molecule has 3 aromatic rings. The van der Waals surface area contributed by atoms with Crippen LogP contribution in [0, 0.1) is 0 Å². The van der Waals surface area contributed by atoms with Crippen LogP contribution in [0.15, 0.2) is 60.7 Å². The number of carbonyl (C=O) groups excluding carboxylic acids is 1. The van der Waals surface area contributed by atoms with E-state index in [2.05, 4.69) is 6.92 Å². The Bertz CT molecular complexity index is 1100. The highest BCUT2D eigenvalue weighted by Gasteiger charge is 2.30. The highest BCUT2D eigenvalue weighted by Crippen LogP contribution is 2.32. The molecular formula is C25H23F3O3S. The number of halogens is 3. The fraction of sp³-hybridized carbons (Fsp3) is 0.240. The van der Waals surface area contributed by atoms with Crippen molar-refractivity contribution in [3.8, 4) is 11.5 Å². The molecule has 0 radical (unpaired) electrons. The molecule has 0 bridgehead atoms. The number of benzene rings is 2. The summed E-state index contributed by atoms with van der Waals surface area (Å²) in [6.45, 7) is 2.12. The molecule has 2 aromatic carbocycles. The quantitative estimate of drug-likeness (QED) is 0.250. The number of thiophene rings is 1. The average Bonchev–Trinajstić information content (AvgIpc) is 3.25.